The summed E-state index contributed by atoms with van der Waals surface area (Å²) in [6.07, 6.45) is 1.92. The predicted molar refractivity (Wildman–Crippen MR) is 195 cm³/mol. The summed E-state index contributed by atoms with van der Waals surface area (Å²) in [5, 5.41) is 2.58. The Labute approximate surface area is 293 Å². The molecule has 0 spiro atoms. The minimum atomic E-state index is -0.725. The number of anilines is 1. The van der Waals surface area contributed by atoms with Crippen LogP contribution in [0.1, 0.15) is 92.3 Å². The molecule has 50 heavy (non-hydrogen) atoms. The molecular weight excluding hydrogens is 639 g/mol. The first-order chi connectivity index (χ1) is 23.7. The van der Waals surface area contributed by atoms with Crippen molar-refractivity contribution in [2.45, 2.75) is 66.7 Å². The van der Waals surface area contributed by atoms with Gasteiger partial charge in [-0.25, -0.2) is 19.2 Å². The second-order valence-electron chi connectivity index (χ2n) is 12.4. The Bertz CT molecular complexity index is 1760. The fourth-order valence-corrected chi connectivity index (χ4v) is 5.08. The molecular formula is C39H47FN4O6. The zero-order valence-corrected chi connectivity index (χ0v) is 29.9. The zero-order valence-electron chi connectivity index (χ0n) is 29.9. The van der Waals surface area contributed by atoms with Gasteiger partial charge in [-0.05, 0) is 80.1 Å². The average molecular weight is 687 g/mol. The first kappa shape index (κ1) is 39.1. The molecule has 0 unspecified atom stereocenters. The molecule has 0 saturated heterocycles. The summed E-state index contributed by atoms with van der Waals surface area (Å²) < 4.78 is 32.4. The Morgan fingerprint density at radius 1 is 1.00 bits per heavy atom. The Morgan fingerprint density at radius 2 is 1.70 bits per heavy atom. The Morgan fingerprint density at radius 3 is 2.30 bits per heavy atom. The van der Waals surface area contributed by atoms with Gasteiger partial charge in [0, 0.05) is 34.6 Å². The number of benzene rings is 3. The molecule has 0 radical (unpaired) electrons. The number of nitrogens with one attached hydrogen (secondary N) is 1. The SMILES string of the molecule is C=NC(N)=N/C(=C\C)COc1ccc(C(C)(C)c2cc(F)c(OCCCOC(=O)Nc3ccc(C(=O)C(C)C)c(C(C)=O)c3)c(CC)c2)cc1. The molecule has 0 aromatic heterocycles. The smallest absolute Gasteiger partial charge is 0.411 e. The highest BCUT2D eigenvalue weighted by Crippen LogP contribution is 2.36. The van der Waals surface area contributed by atoms with Crippen molar-refractivity contribution < 1.29 is 33.0 Å². The van der Waals surface area contributed by atoms with Gasteiger partial charge in [0.05, 0.1) is 18.9 Å². The van der Waals surface area contributed by atoms with Crippen molar-refractivity contribution in [1.29, 1.82) is 0 Å². The number of allylic oxidation sites excluding steroid dienone is 1. The van der Waals surface area contributed by atoms with Crippen molar-refractivity contribution in [3.63, 3.8) is 0 Å². The lowest BCUT2D eigenvalue weighted by molar-refractivity contribution is 0.0927. The molecule has 3 aromatic carbocycles. The molecule has 3 aromatic rings. The highest BCUT2D eigenvalue weighted by molar-refractivity contribution is 6.09. The third-order valence-electron chi connectivity index (χ3n) is 8.14. The number of rotatable bonds is 16. The Balaban J connectivity index is 1.58. The first-order valence-electron chi connectivity index (χ1n) is 16.5. The molecule has 0 bridgehead atoms. The molecule has 0 saturated carbocycles. The summed E-state index contributed by atoms with van der Waals surface area (Å²) in [6.45, 7) is 16.4. The van der Waals surface area contributed by atoms with E-state index in [-0.39, 0.29) is 54.6 Å². The van der Waals surface area contributed by atoms with E-state index in [0.29, 0.717) is 35.5 Å². The number of Topliss-reactive ketones (excluding diaryl/α,β-unsaturated/α-hetero) is 2. The number of ketones is 2. The fourth-order valence-electron chi connectivity index (χ4n) is 5.08. The second kappa shape index (κ2) is 17.9. The van der Waals surface area contributed by atoms with Crippen LogP contribution >= 0.6 is 0 Å². The summed E-state index contributed by atoms with van der Waals surface area (Å²) in [5.41, 5.74) is 9.08. The number of halogens is 1. The van der Waals surface area contributed by atoms with E-state index in [1.54, 1.807) is 26.0 Å². The normalized spacial score (nSPS) is 12.0. The van der Waals surface area contributed by atoms with E-state index >= 15 is 4.39 Å². The predicted octanol–water partition coefficient (Wildman–Crippen LogP) is 8.07. The molecule has 0 fully saturated rings. The molecule has 0 aliphatic rings. The van der Waals surface area contributed by atoms with Gasteiger partial charge in [-0.3, -0.25) is 14.9 Å². The van der Waals surface area contributed by atoms with Gasteiger partial charge < -0.3 is 19.9 Å². The van der Waals surface area contributed by atoms with Crippen LogP contribution in [0.2, 0.25) is 0 Å². The highest BCUT2D eigenvalue weighted by atomic mass is 19.1. The fraction of sp³-hybridized carbons (Fsp3) is 0.359. The van der Waals surface area contributed by atoms with Crippen LogP contribution in [0.25, 0.3) is 0 Å². The van der Waals surface area contributed by atoms with Crippen molar-refractivity contribution in [1.82, 2.24) is 0 Å². The topological polar surface area (TPSA) is 142 Å². The van der Waals surface area contributed by atoms with Crippen molar-refractivity contribution in [3.05, 3.63) is 100 Å². The monoisotopic (exact) mass is 686 g/mol. The highest BCUT2D eigenvalue weighted by Gasteiger charge is 2.26. The van der Waals surface area contributed by atoms with Crippen molar-refractivity contribution in [2.75, 3.05) is 25.1 Å². The standard InChI is InChI=1S/C39H47FN4O6/c1-9-26-20-28(39(6,7)27-12-15-31(16-13-27)50-23-29(10-2)43-37(41)42-8)21-34(40)36(26)48-18-11-19-49-38(47)44-30-14-17-32(35(46)24(3)4)33(22-30)25(5)45/h10,12-17,20-22,24H,8-9,11,18-19,23H2,1-7H3,(H2,41,43)(H,44,47)/b29-10-. The number of nitrogens with zero attached hydrogens (tertiary/aromatic N) is 2. The largest absolute Gasteiger partial charge is 0.490 e. The molecule has 0 aliphatic heterocycles. The van der Waals surface area contributed by atoms with E-state index in [0.717, 1.165) is 16.7 Å². The van der Waals surface area contributed by atoms with E-state index in [1.807, 2.05) is 58.0 Å². The average Bonchev–Trinajstić information content (AvgIpc) is 3.09. The number of guanidine groups is 1. The minimum Gasteiger partial charge on any atom is -0.490 e. The van der Waals surface area contributed by atoms with Gasteiger partial charge in [0.1, 0.15) is 12.4 Å². The summed E-state index contributed by atoms with van der Waals surface area (Å²) >= 11 is 0. The van der Waals surface area contributed by atoms with Crippen LogP contribution in [0, 0.1) is 11.7 Å². The molecule has 11 heteroatoms. The molecule has 1 amide bonds. The number of carbonyl (C=O) groups is 3. The van der Waals surface area contributed by atoms with Crippen molar-refractivity contribution in [2.24, 2.45) is 21.6 Å². The van der Waals surface area contributed by atoms with Crippen molar-refractivity contribution in [3.8, 4) is 11.5 Å². The number of aliphatic imine (C=N–C) groups is 2. The lowest BCUT2D eigenvalue weighted by Crippen LogP contribution is -2.20. The van der Waals surface area contributed by atoms with Gasteiger partial charge in [0.2, 0.25) is 5.96 Å². The Hall–Kier alpha value is -5.32. The van der Waals surface area contributed by atoms with Gasteiger partial charge in [0.25, 0.3) is 0 Å². The lowest BCUT2D eigenvalue weighted by atomic mass is 9.77. The summed E-state index contributed by atoms with van der Waals surface area (Å²) in [6, 6.07) is 15.6. The Kier molecular flexibility index (Phi) is 14.0. The van der Waals surface area contributed by atoms with Gasteiger partial charge in [-0.15, -0.1) is 0 Å². The van der Waals surface area contributed by atoms with Crippen LogP contribution < -0.4 is 20.5 Å². The third-order valence-corrected chi connectivity index (χ3v) is 8.14. The van der Waals surface area contributed by atoms with Gasteiger partial charge in [0.15, 0.2) is 23.1 Å². The molecule has 3 rings (SSSR count). The maximum absolute atomic E-state index is 15.5. The number of aryl methyl sites for hydroxylation is 1. The van der Waals surface area contributed by atoms with Crippen LogP contribution in [-0.2, 0) is 16.6 Å². The van der Waals surface area contributed by atoms with E-state index in [2.05, 4.69) is 22.0 Å². The number of carbonyl (C=O) groups excluding carboxylic acids is 3. The number of ether oxygens (including phenoxy) is 3. The van der Waals surface area contributed by atoms with Gasteiger partial charge in [-0.2, -0.15) is 0 Å². The summed E-state index contributed by atoms with van der Waals surface area (Å²) in [4.78, 5) is 44.7. The summed E-state index contributed by atoms with van der Waals surface area (Å²) in [7, 11) is 0. The van der Waals surface area contributed by atoms with Gasteiger partial charge >= 0.3 is 6.09 Å². The number of hydrogen-bond donors (Lipinski definition) is 2. The van der Waals surface area contributed by atoms with Crippen LogP contribution in [0.3, 0.4) is 0 Å². The van der Waals surface area contributed by atoms with Crippen LogP contribution in [0.15, 0.2) is 76.4 Å². The van der Waals surface area contributed by atoms with E-state index < -0.39 is 17.3 Å². The quantitative estimate of drug-likeness (QED) is 0.0672. The molecule has 0 heterocycles. The van der Waals surface area contributed by atoms with Gasteiger partial charge in [-0.1, -0.05) is 58.9 Å². The third kappa shape index (κ3) is 10.3. The minimum absolute atomic E-state index is 0.0204. The lowest BCUT2D eigenvalue weighted by Gasteiger charge is -2.28. The molecule has 3 N–H and O–H groups in total. The van der Waals surface area contributed by atoms with E-state index in [4.69, 9.17) is 19.9 Å². The maximum atomic E-state index is 15.5. The first-order valence-corrected chi connectivity index (χ1v) is 16.5. The second-order valence-corrected chi connectivity index (χ2v) is 12.4. The van der Waals surface area contributed by atoms with E-state index in [1.165, 1.54) is 25.1 Å². The number of nitrogens with two attached hydrogens (primary N) is 1. The van der Waals surface area contributed by atoms with Crippen LogP contribution in [-0.4, -0.2) is 50.2 Å². The van der Waals surface area contributed by atoms with Crippen molar-refractivity contribution >= 4 is 36.0 Å². The molecule has 10 nitrogen and oxygen atoms in total. The summed E-state index contributed by atoms with van der Waals surface area (Å²) in [5.74, 6) is -0.309. The number of hydrogen-bond acceptors (Lipinski definition) is 7. The van der Waals surface area contributed by atoms with Crippen LogP contribution in [0.5, 0.6) is 11.5 Å². The van der Waals surface area contributed by atoms with E-state index in [9.17, 15) is 14.4 Å². The maximum Gasteiger partial charge on any atom is 0.411 e. The number of amides is 1. The van der Waals surface area contributed by atoms with Crippen LogP contribution in [0.4, 0.5) is 14.9 Å². The molecule has 266 valence electrons. The molecule has 0 atom stereocenters. The zero-order chi connectivity index (χ0) is 37.0. The molecule has 0 aliphatic carbocycles.